The molecule has 1 aliphatic carbocycles. The van der Waals surface area contributed by atoms with Crippen LogP contribution >= 0.6 is 0 Å². The second-order valence-electron chi connectivity index (χ2n) is 7.70. The van der Waals surface area contributed by atoms with E-state index >= 15 is 0 Å². The van der Waals surface area contributed by atoms with Crippen LogP contribution in [-0.2, 0) is 4.79 Å². The number of rotatable bonds is 4. The molecule has 3 heteroatoms. The number of para-hydroxylation sites is 1. The molecule has 0 bridgehead atoms. The number of ketones is 1. The predicted molar refractivity (Wildman–Crippen MR) is 112 cm³/mol. The van der Waals surface area contributed by atoms with Crippen LogP contribution in [0.25, 0.3) is 6.08 Å². The lowest BCUT2D eigenvalue weighted by Crippen LogP contribution is -2.30. The maximum atomic E-state index is 12.8. The van der Waals surface area contributed by atoms with Gasteiger partial charge in [-0.1, -0.05) is 45.0 Å². The molecule has 0 aromatic heterocycles. The van der Waals surface area contributed by atoms with Crippen LogP contribution < -0.4 is 0 Å². The first kappa shape index (κ1) is 19.1. The summed E-state index contributed by atoms with van der Waals surface area (Å²) in [5, 5.41) is 9.79. The Hall–Kier alpha value is -2.68. The van der Waals surface area contributed by atoms with E-state index in [1.165, 1.54) is 0 Å². The van der Waals surface area contributed by atoms with Gasteiger partial charge in [-0.15, -0.1) is 0 Å². The number of nitrogens with zero attached hydrogens (tertiary/aromatic N) is 1. The summed E-state index contributed by atoms with van der Waals surface area (Å²) in [5.74, 6) is 1.37. The summed E-state index contributed by atoms with van der Waals surface area (Å²) >= 11 is 0. The van der Waals surface area contributed by atoms with Gasteiger partial charge >= 0.3 is 0 Å². The predicted octanol–water partition coefficient (Wildman–Crippen LogP) is 5.80. The molecule has 0 radical (unpaired) electrons. The molecule has 0 amide bonds. The smallest absolute Gasteiger partial charge is 0.162 e. The highest BCUT2D eigenvalue weighted by molar-refractivity contribution is 6.02. The zero-order chi connectivity index (χ0) is 19.4. The third kappa shape index (κ3) is 4.54. The van der Waals surface area contributed by atoms with E-state index in [0.29, 0.717) is 23.2 Å². The molecule has 27 heavy (non-hydrogen) atoms. The minimum Gasteiger partial charge on any atom is -0.507 e. The monoisotopic (exact) mass is 361 g/mol. The van der Waals surface area contributed by atoms with Crippen molar-refractivity contribution in [2.75, 3.05) is 0 Å². The van der Waals surface area contributed by atoms with Crippen molar-refractivity contribution >= 4 is 23.8 Å². The van der Waals surface area contributed by atoms with Crippen LogP contribution in [0.1, 0.15) is 44.7 Å². The largest absolute Gasteiger partial charge is 0.507 e. The highest BCUT2D eigenvalue weighted by Gasteiger charge is 2.32. The Morgan fingerprint density at radius 3 is 2.44 bits per heavy atom. The summed E-state index contributed by atoms with van der Waals surface area (Å²) in [6.45, 7) is 6.41. The second kappa shape index (κ2) is 8.34. The van der Waals surface area contributed by atoms with E-state index in [2.05, 4.69) is 25.8 Å². The second-order valence-corrected chi connectivity index (χ2v) is 7.70. The Morgan fingerprint density at radius 1 is 1.07 bits per heavy atom. The van der Waals surface area contributed by atoms with Gasteiger partial charge in [0.15, 0.2) is 5.78 Å². The van der Waals surface area contributed by atoms with Crippen LogP contribution in [0.3, 0.4) is 0 Å². The van der Waals surface area contributed by atoms with E-state index in [1.54, 1.807) is 18.3 Å². The van der Waals surface area contributed by atoms with Crippen LogP contribution in [0, 0.1) is 17.8 Å². The zero-order valence-corrected chi connectivity index (χ0v) is 16.2. The van der Waals surface area contributed by atoms with Crippen LogP contribution in [0.15, 0.2) is 59.1 Å². The number of phenols is 1. The third-order valence-corrected chi connectivity index (χ3v) is 5.37. The van der Waals surface area contributed by atoms with E-state index in [9.17, 15) is 9.90 Å². The van der Waals surface area contributed by atoms with Crippen molar-refractivity contribution in [1.82, 2.24) is 0 Å². The number of aromatic hydroxyl groups is 1. The van der Waals surface area contributed by atoms with E-state index in [1.807, 2.05) is 42.5 Å². The lowest BCUT2D eigenvalue weighted by Gasteiger charge is -2.30. The lowest BCUT2D eigenvalue weighted by atomic mass is 9.73. The van der Waals surface area contributed by atoms with Gasteiger partial charge in [-0.2, -0.15) is 0 Å². The van der Waals surface area contributed by atoms with Crippen LogP contribution in [0.4, 0.5) is 5.69 Å². The number of phenolic OH excluding ortho intramolecular Hbond substituents is 1. The maximum absolute atomic E-state index is 12.8. The molecular formula is C24H27NO2. The SMILES string of the molecule is CC1CCC(C(C)C)C(=O)/C1=C\c1ccc(N=Cc2ccccc2O)cc1. The average Bonchev–Trinajstić information content (AvgIpc) is 2.65. The Bertz CT molecular complexity index is 862. The number of carbonyl (C=O) groups is 1. The van der Waals surface area contributed by atoms with Gasteiger partial charge in [-0.05, 0) is 66.2 Å². The fraction of sp³-hybridized carbons (Fsp3) is 0.333. The normalized spacial score (nSPS) is 22.1. The van der Waals surface area contributed by atoms with Crippen LogP contribution in [-0.4, -0.2) is 17.1 Å². The summed E-state index contributed by atoms with van der Waals surface area (Å²) in [4.78, 5) is 17.2. The van der Waals surface area contributed by atoms with Crippen molar-refractivity contribution in [2.45, 2.75) is 33.6 Å². The minimum absolute atomic E-state index is 0.148. The Labute approximate surface area is 161 Å². The molecule has 3 nitrogen and oxygen atoms in total. The summed E-state index contributed by atoms with van der Waals surface area (Å²) in [6, 6.07) is 15.0. The van der Waals surface area contributed by atoms with Crippen molar-refractivity contribution in [3.63, 3.8) is 0 Å². The summed E-state index contributed by atoms with van der Waals surface area (Å²) in [7, 11) is 0. The Morgan fingerprint density at radius 2 is 1.78 bits per heavy atom. The highest BCUT2D eigenvalue weighted by Crippen LogP contribution is 2.35. The van der Waals surface area contributed by atoms with Gasteiger partial charge < -0.3 is 5.11 Å². The number of hydrogen-bond donors (Lipinski definition) is 1. The quantitative estimate of drug-likeness (QED) is 0.553. The van der Waals surface area contributed by atoms with Crippen molar-refractivity contribution < 1.29 is 9.90 Å². The molecule has 0 spiro atoms. The van der Waals surface area contributed by atoms with E-state index in [4.69, 9.17) is 0 Å². The fourth-order valence-corrected chi connectivity index (χ4v) is 3.60. The molecule has 0 aliphatic heterocycles. The number of Topliss-reactive ketones (excluding diaryl/α,β-unsaturated/α-hetero) is 1. The molecule has 140 valence electrons. The molecule has 2 atom stereocenters. The van der Waals surface area contributed by atoms with Crippen molar-refractivity contribution in [3.05, 3.63) is 65.2 Å². The average molecular weight is 361 g/mol. The molecule has 1 fully saturated rings. The third-order valence-electron chi connectivity index (χ3n) is 5.37. The molecular weight excluding hydrogens is 334 g/mol. The van der Waals surface area contributed by atoms with E-state index < -0.39 is 0 Å². The summed E-state index contributed by atoms with van der Waals surface area (Å²) < 4.78 is 0. The van der Waals surface area contributed by atoms with E-state index in [0.717, 1.165) is 29.7 Å². The van der Waals surface area contributed by atoms with Gasteiger partial charge in [-0.25, -0.2) is 0 Å². The molecule has 2 aromatic rings. The van der Waals surface area contributed by atoms with Gasteiger partial charge in [-0.3, -0.25) is 9.79 Å². The van der Waals surface area contributed by atoms with E-state index in [-0.39, 0.29) is 11.7 Å². The van der Waals surface area contributed by atoms with Crippen molar-refractivity contribution in [2.24, 2.45) is 22.7 Å². The van der Waals surface area contributed by atoms with Gasteiger partial charge in [0.25, 0.3) is 0 Å². The number of allylic oxidation sites excluding steroid dienone is 1. The number of carbonyl (C=O) groups excluding carboxylic acids is 1. The lowest BCUT2D eigenvalue weighted by molar-refractivity contribution is -0.122. The van der Waals surface area contributed by atoms with Gasteiger partial charge in [0.2, 0.25) is 0 Å². The fourth-order valence-electron chi connectivity index (χ4n) is 3.60. The standard InChI is InChI=1S/C24H27NO2/c1-16(2)21-13-8-17(3)22(24(21)27)14-18-9-11-20(12-10-18)25-15-19-6-4-5-7-23(19)26/h4-7,9-12,14-17,21,26H,8,13H2,1-3H3/b22-14-,25-15?. The Kier molecular flexibility index (Phi) is 5.90. The molecule has 2 unspecified atom stereocenters. The first-order chi connectivity index (χ1) is 13.0. The number of benzene rings is 2. The molecule has 2 aromatic carbocycles. The van der Waals surface area contributed by atoms with Crippen molar-refractivity contribution in [1.29, 1.82) is 0 Å². The number of hydrogen-bond acceptors (Lipinski definition) is 3. The molecule has 1 saturated carbocycles. The Balaban J connectivity index is 1.78. The van der Waals surface area contributed by atoms with Crippen molar-refractivity contribution in [3.8, 4) is 5.75 Å². The van der Waals surface area contributed by atoms with Crippen LogP contribution in [0.2, 0.25) is 0 Å². The first-order valence-electron chi connectivity index (χ1n) is 9.63. The molecule has 1 N–H and O–H groups in total. The molecule has 0 saturated heterocycles. The summed E-state index contributed by atoms with van der Waals surface area (Å²) in [5.41, 5.74) is 3.47. The minimum atomic E-state index is 0.148. The molecule has 1 aliphatic rings. The molecule has 0 heterocycles. The van der Waals surface area contributed by atoms with Crippen LogP contribution in [0.5, 0.6) is 5.75 Å². The topological polar surface area (TPSA) is 49.7 Å². The summed E-state index contributed by atoms with van der Waals surface area (Å²) in [6.07, 6.45) is 5.76. The zero-order valence-electron chi connectivity index (χ0n) is 16.2. The maximum Gasteiger partial charge on any atom is 0.162 e. The van der Waals surface area contributed by atoms with Gasteiger partial charge in [0.05, 0.1) is 5.69 Å². The highest BCUT2D eigenvalue weighted by atomic mass is 16.3. The molecule has 3 rings (SSSR count). The number of aliphatic imine (C=N–C) groups is 1. The van der Waals surface area contributed by atoms with Gasteiger partial charge in [0, 0.05) is 17.7 Å². The van der Waals surface area contributed by atoms with Gasteiger partial charge in [0.1, 0.15) is 5.75 Å². The first-order valence-corrected chi connectivity index (χ1v) is 9.63.